The van der Waals surface area contributed by atoms with Gasteiger partial charge >= 0.3 is 0 Å². The van der Waals surface area contributed by atoms with Crippen molar-refractivity contribution in [3.8, 4) is 5.75 Å². The van der Waals surface area contributed by atoms with Gasteiger partial charge in [-0.05, 0) is 19.2 Å². The summed E-state index contributed by atoms with van der Waals surface area (Å²) in [4.78, 5) is 2.20. The van der Waals surface area contributed by atoms with E-state index in [1.165, 1.54) is 0 Å². The zero-order chi connectivity index (χ0) is 12.4. The van der Waals surface area contributed by atoms with Crippen LogP contribution in [0, 0.1) is 0 Å². The van der Waals surface area contributed by atoms with Gasteiger partial charge in [0.1, 0.15) is 18.5 Å². The lowest BCUT2D eigenvalue weighted by Crippen LogP contribution is -2.45. The summed E-state index contributed by atoms with van der Waals surface area (Å²) in [5.74, 6) is 0.630. The molecule has 0 aliphatic carbocycles. The molecule has 0 radical (unpaired) electrons. The highest BCUT2D eigenvalue weighted by molar-refractivity contribution is 6.32. The van der Waals surface area contributed by atoms with Crippen LogP contribution in [0.1, 0.15) is 25.5 Å². The van der Waals surface area contributed by atoms with Crippen LogP contribution in [0.4, 0.5) is 0 Å². The van der Waals surface area contributed by atoms with Gasteiger partial charge in [-0.3, -0.25) is 4.90 Å². The van der Waals surface area contributed by atoms with Gasteiger partial charge in [-0.2, -0.15) is 0 Å². The maximum absolute atomic E-state index is 10.4. The first-order valence-electron chi connectivity index (χ1n) is 6.02. The summed E-state index contributed by atoms with van der Waals surface area (Å²) in [6.07, 6.45) is -0.530. The number of hydrogen-bond donors (Lipinski definition) is 1. The van der Waals surface area contributed by atoms with Crippen LogP contribution in [-0.4, -0.2) is 35.7 Å². The SMILES string of the molecule is CCN(CC)C1COc2c(Cl)cccc2C1O. The van der Waals surface area contributed by atoms with Gasteiger partial charge in [0.2, 0.25) is 0 Å². The van der Waals surface area contributed by atoms with Crippen molar-refractivity contribution in [2.75, 3.05) is 19.7 Å². The molecule has 0 bridgehead atoms. The number of aliphatic hydroxyl groups is 1. The zero-order valence-electron chi connectivity index (χ0n) is 10.2. The fourth-order valence-corrected chi connectivity index (χ4v) is 2.61. The van der Waals surface area contributed by atoms with E-state index in [1.807, 2.05) is 12.1 Å². The van der Waals surface area contributed by atoms with Gasteiger partial charge < -0.3 is 9.84 Å². The molecule has 1 aromatic rings. The maximum atomic E-state index is 10.4. The molecule has 4 heteroatoms. The Labute approximate surface area is 107 Å². The number of aliphatic hydroxyl groups excluding tert-OH is 1. The molecule has 1 N–H and O–H groups in total. The van der Waals surface area contributed by atoms with Crippen LogP contribution >= 0.6 is 11.6 Å². The van der Waals surface area contributed by atoms with Crippen LogP contribution in [0.2, 0.25) is 5.02 Å². The van der Waals surface area contributed by atoms with Crippen molar-refractivity contribution in [3.63, 3.8) is 0 Å². The standard InChI is InChI=1S/C13H18ClNO2/c1-3-15(4-2)11-8-17-13-9(12(11)16)6-5-7-10(13)14/h5-7,11-12,16H,3-4,8H2,1-2H3. The first kappa shape index (κ1) is 12.7. The van der Waals surface area contributed by atoms with E-state index < -0.39 is 6.10 Å². The predicted octanol–water partition coefficient (Wildman–Crippen LogP) is 2.48. The molecule has 0 aromatic heterocycles. The number of nitrogens with zero attached hydrogens (tertiary/aromatic N) is 1. The summed E-state index contributed by atoms with van der Waals surface area (Å²) >= 11 is 6.05. The summed E-state index contributed by atoms with van der Waals surface area (Å²) in [5, 5.41) is 11.0. The highest BCUT2D eigenvalue weighted by atomic mass is 35.5. The Hall–Kier alpha value is -0.770. The lowest BCUT2D eigenvalue weighted by Gasteiger charge is -2.37. The average molecular weight is 256 g/mol. The molecule has 94 valence electrons. The van der Waals surface area contributed by atoms with E-state index >= 15 is 0 Å². The van der Waals surface area contributed by atoms with E-state index in [1.54, 1.807) is 6.07 Å². The second-order valence-electron chi connectivity index (χ2n) is 4.20. The molecule has 1 aliphatic heterocycles. The third-order valence-corrected chi connectivity index (χ3v) is 3.66. The van der Waals surface area contributed by atoms with Crippen molar-refractivity contribution in [3.05, 3.63) is 28.8 Å². The minimum atomic E-state index is -0.530. The van der Waals surface area contributed by atoms with Crippen LogP contribution in [0.3, 0.4) is 0 Å². The number of halogens is 1. The number of para-hydroxylation sites is 1. The summed E-state index contributed by atoms with van der Waals surface area (Å²) in [6, 6.07) is 5.51. The quantitative estimate of drug-likeness (QED) is 0.901. The van der Waals surface area contributed by atoms with Crippen molar-refractivity contribution in [1.29, 1.82) is 0 Å². The van der Waals surface area contributed by atoms with Gasteiger partial charge in [0.25, 0.3) is 0 Å². The third kappa shape index (κ3) is 2.28. The van der Waals surface area contributed by atoms with Crippen LogP contribution in [0.5, 0.6) is 5.75 Å². The number of rotatable bonds is 3. The molecule has 2 unspecified atom stereocenters. The minimum absolute atomic E-state index is 0.0102. The Morgan fingerprint density at radius 1 is 1.41 bits per heavy atom. The average Bonchev–Trinajstić information content (AvgIpc) is 2.34. The third-order valence-electron chi connectivity index (χ3n) is 3.36. The van der Waals surface area contributed by atoms with Gasteiger partial charge in [-0.25, -0.2) is 0 Å². The van der Waals surface area contributed by atoms with E-state index in [0.29, 0.717) is 17.4 Å². The van der Waals surface area contributed by atoms with Crippen molar-refractivity contribution >= 4 is 11.6 Å². The molecule has 17 heavy (non-hydrogen) atoms. The fraction of sp³-hybridized carbons (Fsp3) is 0.538. The van der Waals surface area contributed by atoms with Crippen LogP contribution in [-0.2, 0) is 0 Å². The number of fused-ring (bicyclic) bond motifs is 1. The monoisotopic (exact) mass is 255 g/mol. The second-order valence-corrected chi connectivity index (χ2v) is 4.61. The molecule has 0 amide bonds. The molecule has 2 rings (SSSR count). The molecule has 0 saturated heterocycles. The minimum Gasteiger partial charge on any atom is -0.490 e. The smallest absolute Gasteiger partial charge is 0.143 e. The van der Waals surface area contributed by atoms with Crippen molar-refractivity contribution < 1.29 is 9.84 Å². The van der Waals surface area contributed by atoms with Gasteiger partial charge in [0, 0.05) is 5.56 Å². The van der Waals surface area contributed by atoms with Gasteiger partial charge in [-0.1, -0.05) is 37.6 Å². The Bertz CT molecular complexity index is 393. The van der Waals surface area contributed by atoms with Crippen LogP contribution in [0.25, 0.3) is 0 Å². The molecular weight excluding hydrogens is 238 g/mol. The molecule has 0 spiro atoms. The molecule has 1 aromatic carbocycles. The number of likely N-dealkylation sites (N-methyl/N-ethyl adjacent to an activating group) is 1. The van der Waals surface area contributed by atoms with Crippen molar-refractivity contribution in [2.45, 2.75) is 26.0 Å². The van der Waals surface area contributed by atoms with E-state index in [9.17, 15) is 5.11 Å². The second kappa shape index (κ2) is 5.25. The number of ether oxygens (including phenoxy) is 1. The summed E-state index contributed by atoms with van der Waals surface area (Å²) < 4.78 is 5.69. The van der Waals surface area contributed by atoms with Gasteiger partial charge in [0.15, 0.2) is 0 Å². The first-order chi connectivity index (χ1) is 8.19. The Morgan fingerprint density at radius 3 is 2.76 bits per heavy atom. The lowest BCUT2D eigenvalue weighted by atomic mass is 9.98. The topological polar surface area (TPSA) is 32.7 Å². The molecular formula is C13H18ClNO2. The van der Waals surface area contributed by atoms with Crippen molar-refractivity contribution in [2.24, 2.45) is 0 Å². The molecule has 1 aliphatic rings. The zero-order valence-corrected chi connectivity index (χ0v) is 10.9. The molecule has 3 nitrogen and oxygen atoms in total. The van der Waals surface area contributed by atoms with Crippen molar-refractivity contribution in [1.82, 2.24) is 4.90 Å². The van der Waals surface area contributed by atoms with E-state index in [0.717, 1.165) is 18.7 Å². The molecule has 2 atom stereocenters. The van der Waals surface area contributed by atoms with E-state index in [4.69, 9.17) is 16.3 Å². The molecule has 0 fully saturated rings. The first-order valence-corrected chi connectivity index (χ1v) is 6.40. The van der Waals surface area contributed by atoms with E-state index in [2.05, 4.69) is 18.7 Å². The number of hydrogen-bond acceptors (Lipinski definition) is 3. The highest BCUT2D eigenvalue weighted by Gasteiger charge is 2.33. The summed E-state index contributed by atoms with van der Waals surface area (Å²) in [5.41, 5.74) is 0.792. The Morgan fingerprint density at radius 2 is 2.12 bits per heavy atom. The molecule has 0 saturated carbocycles. The van der Waals surface area contributed by atoms with Gasteiger partial charge in [0.05, 0.1) is 11.1 Å². The van der Waals surface area contributed by atoms with Crippen LogP contribution in [0.15, 0.2) is 18.2 Å². The number of benzene rings is 1. The van der Waals surface area contributed by atoms with E-state index in [-0.39, 0.29) is 6.04 Å². The normalized spacial score (nSPS) is 23.4. The Balaban J connectivity index is 2.30. The highest BCUT2D eigenvalue weighted by Crippen LogP contribution is 2.38. The van der Waals surface area contributed by atoms with Crippen LogP contribution < -0.4 is 4.74 Å². The van der Waals surface area contributed by atoms with Gasteiger partial charge in [-0.15, -0.1) is 0 Å². The summed E-state index contributed by atoms with van der Waals surface area (Å²) in [6.45, 7) is 6.46. The Kier molecular flexibility index (Phi) is 3.92. The largest absolute Gasteiger partial charge is 0.490 e. The predicted molar refractivity (Wildman–Crippen MR) is 68.6 cm³/mol. The lowest BCUT2D eigenvalue weighted by molar-refractivity contribution is 0.00793. The maximum Gasteiger partial charge on any atom is 0.143 e. The molecule has 1 heterocycles. The fourth-order valence-electron chi connectivity index (χ4n) is 2.38. The summed E-state index contributed by atoms with van der Waals surface area (Å²) in [7, 11) is 0.